The highest BCUT2D eigenvalue weighted by molar-refractivity contribution is 6.49. The third-order valence-electron chi connectivity index (χ3n) is 1.13. The van der Waals surface area contributed by atoms with Gasteiger partial charge >= 0.3 is 0 Å². The first-order valence-electron chi connectivity index (χ1n) is 2.80. The molecule has 0 aliphatic heterocycles. The Hall–Kier alpha value is -0.405. The van der Waals surface area contributed by atoms with Crippen LogP contribution in [0.3, 0.4) is 0 Å². The van der Waals surface area contributed by atoms with Crippen LogP contribution >= 0.6 is 23.2 Å². The molecule has 5 heteroatoms. The minimum atomic E-state index is 0.156. The number of rotatable bonds is 1. The second-order valence-corrected chi connectivity index (χ2v) is 2.59. The third-order valence-corrected chi connectivity index (χ3v) is 1.90. The summed E-state index contributed by atoms with van der Waals surface area (Å²) < 4.78 is 4.80. The standard InChI is InChI=1S/C6H4BCl2NO/c1-11-4-2-3(7)5(8)6(9)10-4/h2H,1H3. The van der Waals surface area contributed by atoms with Crippen molar-refractivity contribution in [3.8, 4) is 5.88 Å². The highest BCUT2D eigenvalue weighted by atomic mass is 35.5. The van der Waals surface area contributed by atoms with Crippen molar-refractivity contribution in [2.45, 2.75) is 0 Å². The molecule has 2 nitrogen and oxygen atoms in total. The number of hydrogen-bond donors (Lipinski definition) is 0. The van der Waals surface area contributed by atoms with Crippen molar-refractivity contribution < 1.29 is 4.74 Å². The van der Waals surface area contributed by atoms with E-state index in [1.807, 2.05) is 0 Å². The van der Waals surface area contributed by atoms with Gasteiger partial charge in [-0.25, -0.2) is 4.98 Å². The molecule has 0 spiro atoms. The fraction of sp³-hybridized carbons (Fsp3) is 0.167. The maximum Gasteiger partial charge on any atom is 0.213 e. The summed E-state index contributed by atoms with van der Waals surface area (Å²) in [7, 11) is 6.94. The lowest BCUT2D eigenvalue weighted by Gasteiger charge is -2.03. The molecule has 0 atom stereocenters. The predicted octanol–water partition coefficient (Wildman–Crippen LogP) is 1.19. The van der Waals surface area contributed by atoms with E-state index in [1.54, 1.807) is 0 Å². The van der Waals surface area contributed by atoms with Gasteiger partial charge in [0, 0.05) is 0 Å². The number of halogens is 2. The molecule has 11 heavy (non-hydrogen) atoms. The largest absolute Gasteiger partial charge is 0.481 e. The number of aromatic nitrogens is 1. The van der Waals surface area contributed by atoms with Crippen LogP contribution in [0.2, 0.25) is 10.2 Å². The summed E-state index contributed by atoms with van der Waals surface area (Å²) in [6.45, 7) is 0. The van der Waals surface area contributed by atoms with Gasteiger partial charge < -0.3 is 4.74 Å². The van der Waals surface area contributed by atoms with Gasteiger partial charge in [-0.05, 0) is 6.07 Å². The highest BCUT2D eigenvalue weighted by Gasteiger charge is 2.04. The van der Waals surface area contributed by atoms with Crippen molar-refractivity contribution in [1.29, 1.82) is 0 Å². The summed E-state index contributed by atoms with van der Waals surface area (Å²) in [5.74, 6) is 0.358. The zero-order chi connectivity index (χ0) is 8.43. The average Bonchev–Trinajstić information content (AvgIpc) is 1.99. The number of ether oxygens (including phenoxy) is 1. The smallest absolute Gasteiger partial charge is 0.213 e. The SMILES string of the molecule is [B]c1cc(OC)nc(Cl)c1Cl. The van der Waals surface area contributed by atoms with E-state index >= 15 is 0 Å². The van der Waals surface area contributed by atoms with Gasteiger partial charge in [0.1, 0.15) is 7.85 Å². The fourth-order valence-corrected chi connectivity index (χ4v) is 0.887. The summed E-state index contributed by atoms with van der Waals surface area (Å²) in [5.41, 5.74) is 0.364. The van der Waals surface area contributed by atoms with Crippen LogP contribution in [0, 0.1) is 0 Å². The Morgan fingerprint density at radius 2 is 2.18 bits per heavy atom. The Bertz CT molecular complexity index is 256. The van der Waals surface area contributed by atoms with Gasteiger partial charge in [0.05, 0.1) is 12.1 Å². The van der Waals surface area contributed by atoms with E-state index in [0.717, 1.165) is 0 Å². The monoisotopic (exact) mass is 187 g/mol. The molecular formula is C6H4BCl2NO. The minimum Gasteiger partial charge on any atom is -0.481 e. The quantitative estimate of drug-likeness (QED) is 0.487. The van der Waals surface area contributed by atoms with Crippen LogP contribution in [0.5, 0.6) is 5.88 Å². The average molecular weight is 188 g/mol. The maximum atomic E-state index is 5.63. The molecule has 2 radical (unpaired) electrons. The van der Waals surface area contributed by atoms with Crippen molar-refractivity contribution in [2.75, 3.05) is 7.11 Å². The van der Waals surface area contributed by atoms with Crippen molar-refractivity contribution in [1.82, 2.24) is 4.98 Å². The van der Waals surface area contributed by atoms with Crippen LogP contribution in [-0.2, 0) is 0 Å². The van der Waals surface area contributed by atoms with Crippen molar-refractivity contribution in [3.63, 3.8) is 0 Å². The Balaban J connectivity index is 3.21. The van der Waals surface area contributed by atoms with Crippen LogP contribution in [0.4, 0.5) is 0 Å². The second kappa shape index (κ2) is 3.33. The van der Waals surface area contributed by atoms with E-state index in [1.165, 1.54) is 13.2 Å². The van der Waals surface area contributed by atoms with E-state index in [0.29, 0.717) is 11.3 Å². The molecule has 1 aromatic heterocycles. The summed E-state index contributed by atoms with van der Waals surface area (Å²) in [6, 6.07) is 1.51. The van der Waals surface area contributed by atoms with Gasteiger partial charge in [-0.3, -0.25) is 0 Å². The van der Waals surface area contributed by atoms with Crippen molar-refractivity contribution >= 4 is 36.5 Å². The number of nitrogens with zero attached hydrogens (tertiary/aromatic N) is 1. The van der Waals surface area contributed by atoms with Gasteiger partial charge in [0.25, 0.3) is 0 Å². The van der Waals surface area contributed by atoms with Crippen LogP contribution in [0.25, 0.3) is 0 Å². The normalized spacial score (nSPS) is 9.73. The van der Waals surface area contributed by atoms with Gasteiger partial charge in [0.2, 0.25) is 5.88 Å². The zero-order valence-corrected chi connectivity index (χ0v) is 7.28. The highest BCUT2D eigenvalue weighted by Crippen LogP contribution is 2.19. The van der Waals surface area contributed by atoms with Crippen LogP contribution < -0.4 is 10.2 Å². The topological polar surface area (TPSA) is 22.1 Å². The summed E-state index contributed by atoms with van der Waals surface area (Å²) >= 11 is 11.2. The molecule has 1 rings (SSSR count). The number of methoxy groups -OCH3 is 1. The maximum absolute atomic E-state index is 5.63. The lowest BCUT2D eigenvalue weighted by Crippen LogP contribution is -2.06. The summed E-state index contributed by atoms with van der Waals surface area (Å²) in [5, 5.41) is 0.413. The van der Waals surface area contributed by atoms with Gasteiger partial charge in [0.15, 0.2) is 5.15 Å². The Labute approximate surface area is 75.9 Å². The van der Waals surface area contributed by atoms with Crippen molar-refractivity contribution in [2.24, 2.45) is 0 Å². The van der Waals surface area contributed by atoms with Crippen LogP contribution in [0.1, 0.15) is 0 Å². The first-order chi connectivity index (χ1) is 5.15. The molecule has 0 amide bonds. The minimum absolute atomic E-state index is 0.156. The van der Waals surface area contributed by atoms with E-state index in [2.05, 4.69) is 4.98 Å². The summed E-state index contributed by atoms with van der Waals surface area (Å²) in [4.78, 5) is 3.78. The van der Waals surface area contributed by atoms with E-state index < -0.39 is 0 Å². The molecule has 0 aliphatic carbocycles. The third kappa shape index (κ3) is 1.79. The van der Waals surface area contributed by atoms with Gasteiger partial charge in [-0.2, -0.15) is 0 Å². The van der Waals surface area contributed by atoms with E-state index in [9.17, 15) is 0 Å². The van der Waals surface area contributed by atoms with Crippen LogP contribution in [-0.4, -0.2) is 19.9 Å². The van der Waals surface area contributed by atoms with Gasteiger partial charge in [-0.1, -0.05) is 28.7 Å². The molecule has 0 bridgehead atoms. The summed E-state index contributed by atoms with van der Waals surface area (Å²) in [6.07, 6.45) is 0. The number of pyridine rings is 1. The van der Waals surface area contributed by atoms with E-state index in [-0.39, 0.29) is 10.2 Å². The molecule has 1 aromatic rings. The molecule has 1 heterocycles. The fourth-order valence-electron chi connectivity index (χ4n) is 0.598. The molecule has 0 aliphatic rings. The first-order valence-corrected chi connectivity index (χ1v) is 3.56. The molecule has 0 saturated carbocycles. The van der Waals surface area contributed by atoms with Crippen molar-refractivity contribution in [3.05, 3.63) is 16.2 Å². The molecule has 0 aromatic carbocycles. The molecular weight excluding hydrogens is 184 g/mol. The van der Waals surface area contributed by atoms with E-state index in [4.69, 9.17) is 35.8 Å². The molecule has 0 N–H and O–H groups in total. The lowest BCUT2D eigenvalue weighted by molar-refractivity contribution is 0.398. The first kappa shape index (κ1) is 8.69. The molecule has 0 fully saturated rings. The Morgan fingerprint density at radius 1 is 1.55 bits per heavy atom. The zero-order valence-electron chi connectivity index (χ0n) is 5.77. The Kier molecular flexibility index (Phi) is 2.63. The second-order valence-electron chi connectivity index (χ2n) is 1.86. The van der Waals surface area contributed by atoms with Crippen LogP contribution in [0.15, 0.2) is 6.07 Å². The predicted molar refractivity (Wildman–Crippen MR) is 46.2 cm³/mol. The lowest BCUT2D eigenvalue weighted by atomic mass is 9.98. The molecule has 0 unspecified atom stereocenters. The van der Waals surface area contributed by atoms with Gasteiger partial charge in [-0.15, -0.1) is 0 Å². The molecule has 0 saturated heterocycles. The number of hydrogen-bond acceptors (Lipinski definition) is 2. The molecule has 56 valence electrons. The Morgan fingerprint density at radius 3 is 2.64 bits per heavy atom.